The van der Waals surface area contributed by atoms with Crippen molar-refractivity contribution in [2.75, 3.05) is 13.1 Å². The van der Waals surface area contributed by atoms with E-state index in [0.717, 1.165) is 6.04 Å². The molecule has 1 aliphatic heterocycles. The molecule has 0 aromatic heterocycles. The number of piperazine rings is 1. The highest BCUT2D eigenvalue weighted by molar-refractivity contribution is 5.03. The average molecular weight is 252 g/mol. The van der Waals surface area contributed by atoms with Crippen molar-refractivity contribution >= 4 is 0 Å². The summed E-state index contributed by atoms with van der Waals surface area (Å²) in [6.07, 6.45) is 9.51. The minimum atomic E-state index is 0.368. The van der Waals surface area contributed by atoms with Gasteiger partial charge in [0.1, 0.15) is 0 Å². The lowest BCUT2D eigenvalue weighted by atomic mass is 9.85. The van der Waals surface area contributed by atoms with E-state index in [1.54, 1.807) is 0 Å². The lowest BCUT2D eigenvalue weighted by molar-refractivity contribution is -0.00489. The van der Waals surface area contributed by atoms with Gasteiger partial charge in [-0.2, -0.15) is 0 Å². The molecule has 0 amide bonds. The van der Waals surface area contributed by atoms with Crippen LogP contribution < -0.4 is 5.32 Å². The predicted molar refractivity (Wildman–Crippen MR) is 79.0 cm³/mol. The van der Waals surface area contributed by atoms with E-state index in [2.05, 4.69) is 37.9 Å². The smallest absolute Gasteiger partial charge is 0.0309 e. The van der Waals surface area contributed by atoms with Gasteiger partial charge in [0, 0.05) is 30.2 Å². The summed E-state index contributed by atoms with van der Waals surface area (Å²) in [6, 6.07) is 0.734. The monoisotopic (exact) mass is 252 g/mol. The highest BCUT2D eigenvalue weighted by atomic mass is 15.3. The van der Waals surface area contributed by atoms with Gasteiger partial charge in [-0.1, -0.05) is 33.1 Å². The van der Waals surface area contributed by atoms with Crippen molar-refractivity contribution in [3.05, 3.63) is 0 Å². The van der Waals surface area contributed by atoms with Crippen LogP contribution in [0.4, 0.5) is 0 Å². The summed E-state index contributed by atoms with van der Waals surface area (Å²) < 4.78 is 0. The van der Waals surface area contributed by atoms with Gasteiger partial charge >= 0.3 is 0 Å². The van der Waals surface area contributed by atoms with Crippen molar-refractivity contribution in [2.24, 2.45) is 0 Å². The molecule has 1 saturated heterocycles. The van der Waals surface area contributed by atoms with Crippen LogP contribution in [-0.4, -0.2) is 35.1 Å². The van der Waals surface area contributed by atoms with Gasteiger partial charge in [-0.05, 0) is 39.5 Å². The molecule has 1 heterocycles. The van der Waals surface area contributed by atoms with E-state index in [1.807, 2.05) is 0 Å². The Hall–Kier alpha value is -0.0800. The SMILES string of the molecule is CCCC(C)(C)N1CC2(CCCC2)NCC1CC. The molecular weight excluding hydrogens is 220 g/mol. The van der Waals surface area contributed by atoms with Gasteiger partial charge < -0.3 is 5.32 Å². The van der Waals surface area contributed by atoms with E-state index in [1.165, 1.54) is 58.0 Å². The molecule has 2 heteroatoms. The Bertz CT molecular complexity index is 266. The first kappa shape index (κ1) is 14.3. The van der Waals surface area contributed by atoms with Gasteiger partial charge in [0.05, 0.1) is 0 Å². The molecule has 1 unspecified atom stereocenters. The average Bonchev–Trinajstić information content (AvgIpc) is 2.77. The molecule has 0 radical (unpaired) electrons. The van der Waals surface area contributed by atoms with Crippen molar-refractivity contribution in [1.29, 1.82) is 0 Å². The van der Waals surface area contributed by atoms with Gasteiger partial charge in [0.25, 0.3) is 0 Å². The van der Waals surface area contributed by atoms with E-state index in [4.69, 9.17) is 0 Å². The summed E-state index contributed by atoms with van der Waals surface area (Å²) in [7, 11) is 0. The largest absolute Gasteiger partial charge is 0.308 e. The standard InChI is InChI=1S/C16H32N2/c1-5-9-15(3,4)18-13-16(10-7-8-11-16)17-12-14(18)6-2/h14,17H,5-13H2,1-4H3. The molecular formula is C16H32N2. The molecule has 2 nitrogen and oxygen atoms in total. The Kier molecular flexibility index (Phi) is 4.38. The van der Waals surface area contributed by atoms with Crippen LogP contribution in [-0.2, 0) is 0 Å². The van der Waals surface area contributed by atoms with E-state index in [0.29, 0.717) is 11.1 Å². The Morgan fingerprint density at radius 1 is 1.22 bits per heavy atom. The second-order valence-corrected chi connectivity index (χ2v) is 7.12. The minimum Gasteiger partial charge on any atom is -0.308 e. The third-order valence-electron chi connectivity index (χ3n) is 5.30. The fraction of sp³-hybridized carbons (Fsp3) is 1.00. The van der Waals surface area contributed by atoms with Crippen LogP contribution in [0.2, 0.25) is 0 Å². The quantitative estimate of drug-likeness (QED) is 0.823. The maximum Gasteiger partial charge on any atom is 0.0309 e. The van der Waals surface area contributed by atoms with E-state index in [-0.39, 0.29) is 0 Å². The molecule has 1 aliphatic carbocycles. The Labute approximate surface area is 114 Å². The fourth-order valence-corrected chi connectivity index (χ4v) is 4.17. The maximum absolute atomic E-state index is 3.90. The summed E-state index contributed by atoms with van der Waals surface area (Å²) in [4.78, 5) is 2.83. The molecule has 106 valence electrons. The summed E-state index contributed by atoms with van der Waals surface area (Å²) in [5.41, 5.74) is 0.823. The van der Waals surface area contributed by atoms with Gasteiger partial charge in [0.2, 0.25) is 0 Å². The zero-order valence-electron chi connectivity index (χ0n) is 12.9. The number of hydrogen-bond acceptors (Lipinski definition) is 2. The van der Waals surface area contributed by atoms with E-state index >= 15 is 0 Å². The summed E-state index contributed by atoms with van der Waals surface area (Å²) in [5, 5.41) is 3.90. The third kappa shape index (κ3) is 2.75. The molecule has 1 spiro atoms. The van der Waals surface area contributed by atoms with Crippen molar-refractivity contribution in [3.63, 3.8) is 0 Å². The molecule has 2 rings (SSSR count). The van der Waals surface area contributed by atoms with Crippen LogP contribution in [0, 0.1) is 0 Å². The lowest BCUT2D eigenvalue weighted by Crippen LogP contribution is -2.67. The van der Waals surface area contributed by atoms with Crippen molar-refractivity contribution in [3.8, 4) is 0 Å². The minimum absolute atomic E-state index is 0.368. The zero-order valence-corrected chi connectivity index (χ0v) is 12.9. The van der Waals surface area contributed by atoms with Gasteiger partial charge in [-0.25, -0.2) is 0 Å². The van der Waals surface area contributed by atoms with Crippen LogP contribution in [0.1, 0.15) is 72.6 Å². The highest BCUT2D eigenvalue weighted by Crippen LogP contribution is 2.37. The third-order valence-corrected chi connectivity index (χ3v) is 5.30. The second-order valence-electron chi connectivity index (χ2n) is 7.12. The first-order valence-corrected chi connectivity index (χ1v) is 8.05. The Morgan fingerprint density at radius 2 is 1.89 bits per heavy atom. The number of rotatable bonds is 4. The first-order valence-electron chi connectivity index (χ1n) is 8.05. The highest BCUT2D eigenvalue weighted by Gasteiger charge is 2.44. The van der Waals surface area contributed by atoms with Crippen LogP contribution in [0.3, 0.4) is 0 Å². The summed E-state index contributed by atoms with van der Waals surface area (Å²) >= 11 is 0. The topological polar surface area (TPSA) is 15.3 Å². The molecule has 2 aliphatic rings. The molecule has 0 bridgehead atoms. The number of hydrogen-bond donors (Lipinski definition) is 1. The number of nitrogens with one attached hydrogen (secondary N) is 1. The zero-order chi connectivity index (χ0) is 13.2. The van der Waals surface area contributed by atoms with Gasteiger partial charge in [-0.15, -0.1) is 0 Å². The predicted octanol–water partition coefficient (Wildman–Crippen LogP) is 3.56. The number of nitrogens with zero attached hydrogens (tertiary/aromatic N) is 1. The van der Waals surface area contributed by atoms with Crippen molar-refractivity contribution < 1.29 is 0 Å². The molecule has 0 aromatic rings. The normalized spacial score (nSPS) is 29.0. The Morgan fingerprint density at radius 3 is 2.44 bits per heavy atom. The molecule has 0 aromatic carbocycles. The van der Waals surface area contributed by atoms with Crippen LogP contribution in [0.25, 0.3) is 0 Å². The summed E-state index contributed by atoms with van der Waals surface area (Å²) in [6.45, 7) is 12.0. The molecule has 1 saturated carbocycles. The molecule has 2 fully saturated rings. The van der Waals surface area contributed by atoms with Crippen LogP contribution in [0.15, 0.2) is 0 Å². The van der Waals surface area contributed by atoms with Crippen LogP contribution >= 0.6 is 0 Å². The second kappa shape index (κ2) is 5.50. The van der Waals surface area contributed by atoms with Crippen molar-refractivity contribution in [1.82, 2.24) is 10.2 Å². The Balaban J connectivity index is 2.12. The van der Waals surface area contributed by atoms with Crippen LogP contribution in [0.5, 0.6) is 0 Å². The van der Waals surface area contributed by atoms with E-state index in [9.17, 15) is 0 Å². The molecule has 18 heavy (non-hydrogen) atoms. The van der Waals surface area contributed by atoms with Gasteiger partial charge in [-0.3, -0.25) is 4.90 Å². The van der Waals surface area contributed by atoms with Crippen molar-refractivity contribution in [2.45, 2.75) is 89.8 Å². The summed E-state index contributed by atoms with van der Waals surface area (Å²) in [5.74, 6) is 0. The molecule has 1 N–H and O–H groups in total. The van der Waals surface area contributed by atoms with Gasteiger partial charge in [0.15, 0.2) is 0 Å². The lowest BCUT2D eigenvalue weighted by Gasteiger charge is -2.53. The molecule has 1 atom stereocenters. The fourth-order valence-electron chi connectivity index (χ4n) is 4.17. The first-order chi connectivity index (χ1) is 8.53. The van der Waals surface area contributed by atoms with E-state index < -0.39 is 0 Å². The maximum atomic E-state index is 3.90.